The summed E-state index contributed by atoms with van der Waals surface area (Å²) in [5, 5.41) is 3.12. The van der Waals surface area contributed by atoms with Gasteiger partial charge in [-0.1, -0.05) is 96.5 Å². The highest BCUT2D eigenvalue weighted by molar-refractivity contribution is 6.31. The number of hydrogen-bond acceptors (Lipinski definition) is 1. The predicted octanol–water partition coefficient (Wildman–Crippen LogP) is 6.53. The Kier molecular flexibility index (Phi) is 4.42. The fourth-order valence-electron chi connectivity index (χ4n) is 4.22. The molecule has 5 rings (SSSR count). The minimum Gasteiger partial charge on any atom is -0.319 e. The van der Waals surface area contributed by atoms with Crippen LogP contribution in [0.4, 0.5) is 0 Å². The van der Waals surface area contributed by atoms with Gasteiger partial charge >= 0.3 is 0 Å². The molecule has 3 heteroatoms. The van der Waals surface area contributed by atoms with Crippen molar-refractivity contribution < 1.29 is 0 Å². The Balaban J connectivity index is 1.93. The summed E-state index contributed by atoms with van der Waals surface area (Å²) < 4.78 is 2.15. The first-order valence-corrected chi connectivity index (χ1v) is 9.96. The molecule has 0 bridgehead atoms. The third kappa shape index (κ3) is 2.84. The van der Waals surface area contributed by atoms with Crippen molar-refractivity contribution in [1.82, 2.24) is 9.55 Å². The second-order valence-corrected chi connectivity index (χ2v) is 7.50. The van der Waals surface area contributed by atoms with Crippen LogP contribution in [0.1, 0.15) is 16.7 Å². The topological polar surface area (TPSA) is 17.8 Å². The van der Waals surface area contributed by atoms with E-state index in [0.29, 0.717) is 0 Å². The molecule has 1 unspecified atom stereocenters. The highest BCUT2D eigenvalue weighted by Gasteiger charge is 2.39. The average Bonchev–Trinajstić information content (AvgIpc) is 3.31. The normalized spacial score (nSPS) is 13.3. The number of benzene rings is 4. The Labute approximate surface area is 175 Å². The van der Waals surface area contributed by atoms with E-state index in [1.165, 1.54) is 10.8 Å². The largest absolute Gasteiger partial charge is 0.319 e. The van der Waals surface area contributed by atoms with Crippen LogP contribution in [-0.4, -0.2) is 9.55 Å². The molecule has 1 atom stereocenters. The zero-order valence-corrected chi connectivity index (χ0v) is 16.5. The third-order valence-corrected chi connectivity index (χ3v) is 5.84. The summed E-state index contributed by atoms with van der Waals surface area (Å²) >= 11 is 6.81. The van der Waals surface area contributed by atoms with Crippen LogP contribution in [0.25, 0.3) is 10.8 Å². The van der Waals surface area contributed by atoms with Gasteiger partial charge in [-0.25, -0.2) is 4.98 Å². The van der Waals surface area contributed by atoms with Gasteiger partial charge < -0.3 is 4.57 Å². The second-order valence-electron chi connectivity index (χ2n) is 7.09. The van der Waals surface area contributed by atoms with Gasteiger partial charge in [0.2, 0.25) is 0 Å². The van der Waals surface area contributed by atoms with E-state index in [1.807, 2.05) is 43.0 Å². The number of imidazole rings is 1. The lowest BCUT2D eigenvalue weighted by atomic mass is 9.76. The quantitative estimate of drug-likeness (QED) is 0.317. The molecule has 0 amide bonds. The number of hydrogen-bond donors (Lipinski definition) is 0. The van der Waals surface area contributed by atoms with Gasteiger partial charge in [-0.05, 0) is 34.0 Å². The van der Waals surface area contributed by atoms with Gasteiger partial charge in [-0.15, -0.1) is 0 Å². The fourth-order valence-corrected chi connectivity index (χ4v) is 4.49. The Hall–Kier alpha value is -3.36. The van der Waals surface area contributed by atoms with Crippen molar-refractivity contribution in [3.05, 3.63) is 137 Å². The summed E-state index contributed by atoms with van der Waals surface area (Å²) in [6.07, 6.45) is 5.69. The second kappa shape index (κ2) is 7.23. The summed E-state index contributed by atoms with van der Waals surface area (Å²) in [5.74, 6) is 0. The average molecular weight is 395 g/mol. The Morgan fingerprint density at radius 1 is 0.690 bits per heavy atom. The number of halogens is 1. The molecule has 0 spiro atoms. The van der Waals surface area contributed by atoms with Crippen LogP contribution < -0.4 is 0 Å². The Bertz CT molecular complexity index is 1260. The fraction of sp³-hybridized carbons (Fsp3) is 0.0385. The van der Waals surface area contributed by atoms with Gasteiger partial charge in [-0.3, -0.25) is 0 Å². The van der Waals surface area contributed by atoms with Crippen molar-refractivity contribution in [2.45, 2.75) is 5.54 Å². The Morgan fingerprint density at radius 3 is 2.17 bits per heavy atom. The van der Waals surface area contributed by atoms with Gasteiger partial charge in [0.15, 0.2) is 0 Å². The lowest BCUT2D eigenvalue weighted by Gasteiger charge is -2.38. The molecule has 5 aromatic rings. The van der Waals surface area contributed by atoms with Crippen LogP contribution in [0.15, 0.2) is 116 Å². The molecule has 4 aromatic carbocycles. The van der Waals surface area contributed by atoms with E-state index in [-0.39, 0.29) is 0 Å². The molecule has 140 valence electrons. The van der Waals surface area contributed by atoms with Gasteiger partial charge in [-0.2, -0.15) is 0 Å². The van der Waals surface area contributed by atoms with Crippen molar-refractivity contribution >= 4 is 22.4 Å². The van der Waals surface area contributed by atoms with E-state index < -0.39 is 5.54 Å². The van der Waals surface area contributed by atoms with Gasteiger partial charge in [0.1, 0.15) is 5.54 Å². The van der Waals surface area contributed by atoms with Crippen molar-refractivity contribution in [3.8, 4) is 0 Å². The molecule has 0 aliphatic rings. The van der Waals surface area contributed by atoms with Crippen molar-refractivity contribution in [1.29, 1.82) is 0 Å². The number of fused-ring (bicyclic) bond motifs is 1. The van der Waals surface area contributed by atoms with Crippen LogP contribution in [0, 0.1) is 0 Å². The van der Waals surface area contributed by atoms with Crippen LogP contribution in [-0.2, 0) is 5.54 Å². The van der Waals surface area contributed by atoms with E-state index in [1.54, 1.807) is 0 Å². The zero-order chi connectivity index (χ0) is 19.7. The van der Waals surface area contributed by atoms with Crippen LogP contribution in [0.3, 0.4) is 0 Å². The predicted molar refractivity (Wildman–Crippen MR) is 119 cm³/mol. The van der Waals surface area contributed by atoms with Crippen LogP contribution >= 0.6 is 11.6 Å². The van der Waals surface area contributed by atoms with E-state index >= 15 is 0 Å². The SMILES string of the molecule is Clc1ccccc1C(c1ccccc1)(c1ccc2ccccc2c1)n1ccnc1. The molecule has 0 aliphatic heterocycles. The van der Waals surface area contributed by atoms with Crippen molar-refractivity contribution in [2.24, 2.45) is 0 Å². The maximum absolute atomic E-state index is 6.81. The zero-order valence-electron chi connectivity index (χ0n) is 15.7. The van der Waals surface area contributed by atoms with Gasteiger partial charge in [0.05, 0.1) is 6.33 Å². The molecular formula is C26H19ClN2. The van der Waals surface area contributed by atoms with Gasteiger partial charge in [0.25, 0.3) is 0 Å². The van der Waals surface area contributed by atoms with Crippen LogP contribution in [0.2, 0.25) is 5.02 Å². The first kappa shape index (κ1) is 17.7. The van der Waals surface area contributed by atoms with Crippen molar-refractivity contribution in [3.63, 3.8) is 0 Å². The molecule has 0 saturated heterocycles. The van der Waals surface area contributed by atoms with E-state index in [2.05, 4.69) is 82.3 Å². The minimum absolute atomic E-state index is 0.639. The van der Waals surface area contributed by atoms with Crippen LogP contribution in [0.5, 0.6) is 0 Å². The van der Waals surface area contributed by atoms with E-state index in [4.69, 9.17) is 11.6 Å². The molecule has 2 nitrogen and oxygen atoms in total. The molecule has 0 radical (unpaired) electrons. The highest BCUT2D eigenvalue weighted by Crippen LogP contribution is 2.44. The molecule has 29 heavy (non-hydrogen) atoms. The summed E-state index contributed by atoms with van der Waals surface area (Å²) in [4.78, 5) is 4.38. The summed E-state index contributed by atoms with van der Waals surface area (Å²) in [5.41, 5.74) is 2.64. The number of aromatic nitrogens is 2. The van der Waals surface area contributed by atoms with E-state index in [0.717, 1.165) is 21.7 Å². The standard InChI is InChI=1S/C26H19ClN2/c27-25-13-7-6-12-24(25)26(29-17-16-28-19-29,22-10-2-1-3-11-22)23-15-14-20-8-4-5-9-21(20)18-23/h1-19H. The minimum atomic E-state index is -0.639. The maximum Gasteiger partial charge on any atom is 0.123 e. The molecular weight excluding hydrogens is 376 g/mol. The molecule has 0 aliphatic carbocycles. The highest BCUT2D eigenvalue weighted by atomic mass is 35.5. The molecule has 1 heterocycles. The third-order valence-electron chi connectivity index (χ3n) is 5.51. The first-order valence-electron chi connectivity index (χ1n) is 9.58. The van der Waals surface area contributed by atoms with Crippen molar-refractivity contribution in [2.75, 3.05) is 0 Å². The van der Waals surface area contributed by atoms with E-state index in [9.17, 15) is 0 Å². The lowest BCUT2D eigenvalue weighted by Crippen LogP contribution is -2.37. The molecule has 1 aromatic heterocycles. The summed E-state index contributed by atoms with van der Waals surface area (Å²) in [6.45, 7) is 0. The molecule has 0 N–H and O–H groups in total. The molecule has 0 saturated carbocycles. The van der Waals surface area contributed by atoms with Gasteiger partial charge in [0, 0.05) is 23.0 Å². The summed E-state index contributed by atoms with van der Waals surface area (Å²) in [7, 11) is 0. The number of rotatable bonds is 4. The Morgan fingerprint density at radius 2 is 1.41 bits per heavy atom. The number of nitrogens with zero attached hydrogens (tertiary/aromatic N) is 2. The molecule has 0 fully saturated rings. The smallest absolute Gasteiger partial charge is 0.123 e. The maximum atomic E-state index is 6.81. The first-order chi connectivity index (χ1) is 14.3. The monoisotopic (exact) mass is 394 g/mol. The summed E-state index contributed by atoms with van der Waals surface area (Å²) in [6, 6.07) is 33.6. The lowest BCUT2D eigenvalue weighted by molar-refractivity contribution is 0.515.